The minimum atomic E-state index is -0.917. The van der Waals surface area contributed by atoms with Gasteiger partial charge in [0.1, 0.15) is 5.69 Å². The Kier molecular flexibility index (Phi) is 3.78. The second-order valence-corrected chi connectivity index (χ2v) is 2.91. The zero-order chi connectivity index (χ0) is 13.0. The van der Waals surface area contributed by atoms with Gasteiger partial charge in [0.2, 0.25) is 5.75 Å². The first kappa shape index (κ1) is 12.6. The number of anilines is 1. The van der Waals surface area contributed by atoms with Crippen LogP contribution in [0.15, 0.2) is 12.1 Å². The van der Waals surface area contributed by atoms with E-state index in [-0.39, 0.29) is 12.3 Å². The topological polar surface area (TPSA) is 128 Å². The third kappa shape index (κ3) is 2.78. The SMILES string of the molecule is CCONc1cc([N+](=O)[O-])cc([N+](=O)[O-])c1O. The van der Waals surface area contributed by atoms with E-state index in [9.17, 15) is 25.3 Å². The standard InChI is InChI=1S/C8H9N3O6/c1-2-17-9-6-3-5(10(13)14)4-7(8(6)12)11(15)16/h3-4,9,12H,2H2,1H3. The molecular weight excluding hydrogens is 234 g/mol. The fourth-order valence-electron chi connectivity index (χ4n) is 1.08. The van der Waals surface area contributed by atoms with Crippen LogP contribution >= 0.6 is 0 Å². The minimum Gasteiger partial charge on any atom is -0.501 e. The number of non-ortho nitro benzene ring substituents is 1. The average molecular weight is 243 g/mol. The van der Waals surface area contributed by atoms with Crippen LogP contribution in [0, 0.1) is 20.2 Å². The van der Waals surface area contributed by atoms with E-state index >= 15 is 0 Å². The average Bonchev–Trinajstić information content (AvgIpc) is 2.26. The normalized spacial score (nSPS) is 9.94. The number of nitro benzene ring substituents is 2. The molecule has 1 rings (SSSR count). The summed E-state index contributed by atoms with van der Waals surface area (Å²) >= 11 is 0. The number of hydrogen-bond acceptors (Lipinski definition) is 7. The molecule has 0 atom stereocenters. The van der Waals surface area contributed by atoms with Crippen molar-refractivity contribution in [3.05, 3.63) is 32.4 Å². The zero-order valence-electron chi connectivity index (χ0n) is 8.74. The summed E-state index contributed by atoms with van der Waals surface area (Å²) in [6.45, 7) is 1.85. The molecule has 1 aromatic rings. The maximum atomic E-state index is 10.6. The van der Waals surface area contributed by atoms with Crippen LogP contribution < -0.4 is 5.48 Å². The van der Waals surface area contributed by atoms with Crippen molar-refractivity contribution in [3.8, 4) is 5.75 Å². The van der Waals surface area contributed by atoms with E-state index < -0.39 is 27.0 Å². The fourth-order valence-corrected chi connectivity index (χ4v) is 1.08. The third-order valence-corrected chi connectivity index (χ3v) is 1.81. The Morgan fingerprint density at radius 3 is 2.47 bits per heavy atom. The molecule has 0 aliphatic heterocycles. The second-order valence-electron chi connectivity index (χ2n) is 2.91. The van der Waals surface area contributed by atoms with E-state index in [0.29, 0.717) is 6.07 Å². The molecule has 0 saturated carbocycles. The van der Waals surface area contributed by atoms with Gasteiger partial charge in [-0.15, -0.1) is 0 Å². The van der Waals surface area contributed by atoms with Crippen LogP contribution in [0.4, 0.5) is 17.1 Å². The molecular formula is C8H9N3O6. The number of rotatable bonds is 5. The molecule has 0 heterocycles. The van der Waals surface area contributed by atoms with Crippen molar-refractivity contribution >= 4 is 17.1 Å². The fraction of sp³-hybridized carbons (Fsp3) is 0.250. The van der Waals surface area contributed by atoms with Gasteiger partial charge in [0.25, 0.3) is 5.69 Å². The molecule has 0 aliphatic rings. The quantitative estimate of drug-likeness (QED) is 0.456. The predicted molar refractivity (Wildman–Crippen MR) is 56.7 cm³/mol. The van der Waals surface area contributed by atoms with Crippen molar-refractivity contribution in [1.82, 2.24) is 0 Å². The number of nitrogens with zero attached hydrogens (tertiary/aromatic N) is 2. The first-order chi connectivity index (χ1) is 7.97. The van der Waals surface area contributed by atoms with Gasteiger partial charge in [-0.25, -0.2) is 0 Å². The van der Waals surface area contributed by atoms with Crippen LogP contribution in [0.1, 0.15) is 6.92 Å². The van der Waals surface area contributed by atoms with E-state index in [1.807, 2.05) is 0 Å². The van der Waals surface area contributed by atoms with Crippen LogP contribution in [0.2, 0.25) is 0 Å². The van der Waals surface area contributed by atoms with E-state index in [1.165, 1.54) is 0 Å². The van der Waals surface area contributed by atoms with Gasteiger partial charge < -0.3 is 5.11 Å². The van der Waals surface area contributed by atoms with Gasteiger partial charge in [0.15, 0.2) is 0 Å². The summed E-state index contributed by atoms with van der Waals surface area (Å²) in [4.78, 5) is 24.1. The Labute approximate surface area is 94.9 Å². The summed E-state index contributed by atoms with van der Waals surface area (Å²) in [5.74, 6) is -0.714. The molecule has 9 heteroatoms. The van der Waals surface area contributed by atoms with Crippen molar-refractivity contribution < 1.29 is 19.8 Å². The highest BCUT2D eigenvalue weighted by Gasteiger charge is 2.23. The Morgan fingerprint density at radius 2 is 2.00 bits per heavy atom. The zero-order valence-corrected chi connectivity index (χ0v) is 8.74. The maximum Gasteiger partial charge on any atom is 0.319 e. The molecule has 1 aromatic carbocycles. The molecule has 0 fully saturated rings. The lowest BCUT2D eigenvalue weighted by molar-refractivity contribution is -0.394. The summed E-state index contributed by atoms with van der Waals surface area (Å²) < 4.78 is 0. The number of nitro groups is 2. The maximum absolute atomic E-state index is 10.6. The third-order valence-electron chi connectivity index (χ3n) is 1.81. The van der Waals surface area contributed by atoms with Gasteiger partial charge in [0, 0.05) is 6.07 Å². The van der Waals surface area contributed by atoms with Gasteiger partial charge >= 0.3 is 5.69 Å². The van der Waals surface area contributed by atoms with Crippen LogP contribution in [0.5, 0.6) is 5.75 Å². The largest absolute Gasteiger partial charge is 0.501 e. The van der Waals surface area contributed by atoms with E-state index in [2.05, 4.69) is 5.48 Å². The van der Waals surface area contributed by atoms with E-state index in [4.69, 9.17) is 4.84 Å². The van der Waals surface area contributed by atoms with Gasteiger partial charge in [0.05, 0.1) is 22.5 Å². The summed E-state index contributed by atoms with van der Waals surface area (Å²) in [7, 11) is 0. The second kappa shape index (κ2) is 5.07. The van der Waals surface area contributed by atoms with Crippen LogP contribution in [0.3, 0.4) is 0 Å². The van der Waals surface area contributed by atoms with Crippen molar-refractivity contribution in [2.24, 2.45) is 0 Å². The molecule has 0 saturated heterocycles. The molecule has 0 amide bonds. The number of aromatic hydroxyl groups is 1. The number of benzene rings is 1. The van der Waals surface area contributed by atoms with Crippen molar-refractivity contribution in [1.29, 1.82) is 0 Å². The lowest BCUT2D eigenvalue weighted by Crippen LogP contribution is -2.02. The summed E-state index contributed by atoms with van der Waals surface area (Å²) in [6, 6.07) is 1.62. The van der Waals surface area contributed by atoms with Crippen molar-refractivity contribution in [2.75, 3.05) is 12.1 Å². The number of phenols is 1. The van der Waals surface area contributed by atoms with Crippen molar-refractivity contribution in [2.45, 2.75) is 6.92 Å². The van der Waals surface area contributed by atoms with Crippen LogP contribution in [-0.2, 0) is 4.84 Å². The molecule has 0 unspecified atom stereocenters. The van der Waals surface area contributed by atoms with Crippen LogP contribution in [-0.4, -0.2) is 21.6 Å². The first-order valence-corrected chi connectivity index (χ1v) is 4.51. The molecule has 0 radical (unpaired) electrons. The minimum absolute atomic E-state index is 0.218. The van der Waals surface area contributed by atoms with Crippen LogP contribution in [0.25, 0.3) is 0 Å². The molecule has 0 spiro atoms. The Bertz CT molecular complexity index is 461. The monoisotopic (exact) mass is 243 g/mol. The lowest BCUT2D eigenvalue weighted by atomic mass is 10.2. The predicted octanol–water partition coefficient (Wildman–Crippen LogP) is 1.57. The van der Waals surface area contributed by atoms with E-state index in [1.54, 1.807) is 6.92 Å². The molecule has 92 valence electrons. The highest BCUT2D eigenvalue weighted by atomic mass is 16.6. The Hall–Kier alpha value is -2.42. The molecule has 9 nitrogen and oxygen atoms in total. The number of hydrogen-bond donors (Lipinski definition) is 2. The lowest BCUT2D eigenvalue weighted by Gasteiger charge is -2.07. The highest BCUT2D eigenvalue weighted by Crippen LogP contribution is 2.37. The molecule has 17 heavy (non-hydrogen) atoms. The molecule has 2 N–H and O–H groups in total. The Morgan fingerprint density at radius 1 is 1.35 bits per heavy atom. The summed E-state index contributed by atoms with van der Waals surface area (Å²) in [6.07, 6.45) is 0. The summed E-state index contributed by atoms with van der Waals surface area (Å²) in [5, 5.41) is 30.6. The van der Waals surface area contributed by atoms with Gasteiger partial charge in [-0.1, -0.05) is 0 Å². The van der Waals surface area contributed by atoms with Gasteiger partial charge in [-0.2, -0.15) is 0 Å². The van der Waals surface area contributed by atoms with Gasteiger partial charge in [-0.3, -0.25) is 30.5 Å². The Balaban J connectivity index is 3.27. The smallest absolute Gasteiger partial charge is 0.319 e. The highest BCUT2D eigenvalue weighted by molar-refractivity contribution is 5.69. The number of nitrogens with one attached hydrogen (secondary N) is 1. The summed E-state index contributed by atoms with van der Waals surface area (Å²) in [5.41, 5.74) is 0.686. The van der Waals surface area contributed by atoms with Gasteiger partial charge in [-0.05, 0) is 6.92 Å². The molecule has 0 aliphatic carbocycles. The number of phenolic OH excluding ortho intramolecular Hbond substituents is 1. The van der Waals surface area contributed by atoms with E-state index in [0.717, 1.165) is 6.07 Å². The molecule has 0 bridgehead atoms. The first-order valence-electron chi connectivity index (χ1n) is 4.51. The molecule has 0 aromatic heterocycles. The van der Waals surface area contributed by atoms with Crippen molar-refractivity contribution in [3.63, 3.8) is 0 Å².